The summed E-state index contributed by atoms with van der Waals surface area (Å²) < 4.78 is 4.75. The maximum atomic E-state index is 11.0. The first-order chi connectivity index (χ1) is 8.52. The number of nitrogens with zero attached hydrogens (tertiary/aromatic N) is 1. The zero-order chi connectivity index (χ0) is 13.2. The average molecular weight is 254 g/mol. The van der Waals surface area contributed by atoms with Gasteiger partial charge in [-0.3, -0.25) is 14.9 Å². The van der Waals surface area contributed by atoms with Crippen LogP contribution in [0.25, 0.3) is 0 Å². The first-order valence-corrected chi connectivity index (χ1v) is 6.26. The summed E-state index contributed by atoms with van der Waals surface area (Å²) in [5, 5.41) is 14.2. The third kappa shape index (κ3) is 2.63. The van der Waals surface area contributed by atoms with Crippen molar-refractivity contribution in [1.29, 1.82) is 0 Å². The summed E-state index contributed by atoms with van der Waals surface area (Å²) in [4.78, 5) is 21.3. The van der Waals surface area contributed by atoms with Crippen LogP contribution in [0, 0.1) is 15.5 Å². The molecule has 0 aromatic carbocycles. The lowest BCUT2D eigenvalue weighted by Gasteiger charge is -2.19. The Morgan fingerprint density at radius 2 is 2.17 bits per heavy atom. The molecule has 1 heterocycles. The third-order valence-electron chi connectivity index (χ3n) is 3.87. The average Bonchev–Trinajstić information content (AvgIpc) is 2.90. The van der Waals surface area contributed by atoms with Gasteiger partial charge in [0.25, 0.3) is 0 Å². The summed E-state index contributed by atoms with van der Waals surface area (Å²) in [5.74, 6) is -0.497. The van der Waals surface area contributed by atoms with Gasteiger partial charge in [0, 0.05) is 19.9 Å². The van der Waals surface area contributed by atoms with E-state index < -0.39 is 10.9 Å². The second-order valence-electron chi connectivity index (χ2n) is 5.20. The number of nitro groups is 1. The van der Waals surface area contributed by atoms with Gasteiger partial charge in [0.05, 0.1) is 10.6 Å². The number of rotatable bonds is 3. The maximum Gasteiger partial charge on any atom is 0.303 e. The number of carbonyl (C=O) groups excluding carboxylic acids is 1. The smallest absolute Gasteiger partial charge is 0.303 e. The molecule has 0 radical (unpaired) electrons. The van der Waals surface area contributed by atoms with E-state index in [1.54, 1.807) is 0 Å². The highest BCUT2D eigenvalue weighted by atomic mass is 16.6. The molecule has 0 unspecified atom stereocenters. The summed E-state index contributed by atoms with van der Waals surface area (Å²) in [6, 6.07) is 0. The van der Waals surface area contributed by atoms with E-state index in [4.69, 9.17) is 4.74 Å². The Bertz CT molecular complexity index is 397. The topological polar surface area (TPSA) is 81.5 Å². The molecule has 1 spiro atoms. The van der Waals surface area contributed by atoms with Gasteiger partial charge in [-0.15, -0.1) is 0 Å². The van der Waals surface area contributed by atoms with Gasteiger partial charge in [-0.1, -0.05) is 12.8 Å². The van der Waals surface area contributed by atoms with Gasteiger partial charge in [0.15, 0.2) is 6.61 Å². The number of allylic oxidation sites excluding steroid dienone is 1. The monoisotopic (exact) mass is 254 g/mol. The molecule has 1 saturated heterocycles. The Morgan fingerprint density at radius 3 is 2.72 bits per heavy atom. The van der Waals surface area contributed by atoms with Crippen molar-refractivity contribution in [3.8, 4) is 0 Å². The molecule has 2 aliphatic rings. The molecule has 1 aliphatic carbocycles. The summed E-state index contributed by atoms with van der Waals surface area (Å²) in [6.07, 6.45) is 5.37. The molecule has 0 atom stereocenters. The third-order valence-corrected chi connectivity index (χ3v) is 3.87. The van der Waals surface area contributed by atoms with Crippen molar-refractivity contribution >= 4 is 5.97 Å². The molecule has 2 rings (SSSR count). The molecule has 0 bridgehead atoms. The molecule has 100 valence electrons. The number of carbonyl (C=O) groups is 1. The van der Waals surface area contributed by atoms with Crippen molar-refractivity contribution in [3.63, 3.8) is 0 Å². The number of hydrogen-bond donors (Lipinski definition) is 1. The number of ether oxygens (including phenoxy) is 1. The molecule has 6 heteroatoms. The van der Waals surface area contributed by atoms with Crippen LogP contribution >= 0.6 is 0 Å². The number of esters is 1. The van der Waals surface area contributed by atoms with Gasteiger partial charge in [-0.25, -0.2) is 0 Å². The lowest BCUT2D eigenvalue weighted by molar-refractivity contribution is -0.431. The molecule has 0 amide bonds. The normalized spacial score (nSPS) is 23.8. The molecular weight excluding hydrogens is 236 g/mol. The molecule has 1 aliphatic heterocycles. The Morgan fingerprint density at radius 1 is 1.50 bits per heavy atom. The van der Waals surface area contributed by atoms with E-state index in [9.17, 15) is 14.9 Å². The van der Waals surface area contributed by atoms with Crippen molar-refractivity contribution in [1.82, 2.24) is 5.32 Å². The predicted molar refractivity (Wildman–Crippen MR) is 64.2 cm³/mol. The minimum atomic E-state index is -0.497. The highest BCUT2D eigenvalue weighted by Gasteiger charge is 2.41. The summed E-state index contributed by atoms with van der Waals surface area (Å²) in [6.45, 7) is 1.81. The predicted octanol–water partition coefficient (Wildman–Crippen LogP) is 1.59. The van der Waals surface area contributed by atoms with Crippen LogP contribution in [0.4, 0.5) is 0 Å². The van der Waals surface area contributed by atoms with Gasteiger partial charge in [-0.2, -0.15) is 0 Å². The number of hydrogen-bond acceptors (Lipinski definition) is 5. The van der Waals surface area contributed by atoms with E-state index in [0.29, 0.717) is 12.1 Å². The Kier molecular flexibility index (Phi) is 3.54. The van der Waals surface area contributed by atoms with E-state index in [-0.39, 0.29) is 17.7 Å². The van der Waals surface area contributed by atoms with E-state index in [0.717, 1.165) is 19.4 Å². The van der Waals surface area contributed by atoms with Crippen molar-refractivity contribution in [3.05, 3.63) is 21.5 Å². The van der Waals surface area contributed by atoms with Crippen molar-refractivity contribution in [2.75, 3.05) is 13.2 Å². The lowest BCUT2D eigenvalue weighted by atomic mass is 9.85. The van der Waals surface area contributed by atoms with Gasteiger partial charge in [-0.05, 0) is 18.3 Å². The van der Waals surface area contributed by atoms with Crippen LogP contribution in [-0.4, -0.2) is 24.0 Å². The zero-order valence-corrected chi connectivity index (χ0v) is 10.5. The zero-order valence-electron chi connectivity index (χ0n) is 10.5. The minimum Gasteiger partial charge on any atom is -0.454 e. The maximum absolute atomic E-state index is 11.0. The molecule has 0 aromatic heterocycles. The van der Waals surface area contributed by atoms with E-state index >= 15 is 0 Å². The van der Waals surface area contributed by atoms with E-state index in [1.807, 2.05) is 0 Å². The highest BCUT2D eigenvalue weighted by molar-refractivity contribution is 5.66. The molecule has 0 aromatic rings. The second-order valence-corrected chi connectivity index (χ2v) is 5.20. The Balaban J connectivity index is 2.11. The fourth-order valence-corrected chi connectivity index (χ4v) is 2.90. The largest absolute Gasteiger partial charge is 0.454 e. The van der Waals surface area contributed by atoms with Crippen molar-refractivity contribution in [2.45, 2.75) is 39.0 Å². The quantitative estimate of drug-likeness (QED) is 0.470. The van der Waals surface area contributed by atoms with Gasteiger partial charge < -0.3 is 10.1 Å². The Labute approximate surface area is 106 Å². The standard InChI is InChI=1S/C12H18N2O4/c1-9(15)18-7-11(14(16)17)10-6-12(8-13-10)4-2-3-5-12/h13H,2-8H2,1H3. The van der Waals surface area contributed by atoms with E-state index in [1.165, 1.54) is 19.8 Å². The van der Waals surface area contributed by atoms with Crippen LogP contribution in [0.15, 0.2) is 11.4 Å². The van der Waals surface area contributed by atoms with Crippen LogP contribution in [0.2, 0.25) is 0 Å². The van der Waals surface area contributed by atoms with Crippen molar-refractivity contribution < 1.29 is 14.5 Å². The molecular formula is C12H18N2O4. The fraction of sp³-hybridized carbons (Fsp3) is 0.750. The van der Waals surface area contributed by atoms with E-state index in [2.05, 4.69) is 5.32 Å². The molecule has 1 N–H and O–H groups in total. The molecule has 1 saturated carbocycles. The molecule has 18 heavy (non-hydrogen) atoms. The van der Waals surface area contributed by atoms with Gasteiger partial charge >= 0.3 is 11.7 Å². The molecule has 6 nitrogen and oxygen atoms in total. The van der Waals surface area contributed by atoms with Crippen LogP contribution in [0.3, 0.4) is 0 Å². The Hall–Kier alpha value is -1.59. The SMILES string of the molecule is CC(=O)OCC(=C1CC2(CCCC2)CN1)[N+](=O)[O-]. The number of nitrogens with one attached hydrogen (secondary N) is 1. The van der Waals surface area contributed by atoms with Crippen LogP contribution in [0.1, 0.15) is 39.0 Å². The summed E-state index contributed by atoms with van der Waals surface area (Å²) in [5.41, 5.74) is 0.837. The van der Waals surface area contributed by atoms with Crippen LogP contribution in [0.5, 0.6) is 0 Å². The minimum absolute atomic E-state index is 0.00558. The van der Waals surface area contributed by atoms with Crippen molar-refractivity contribution in [2.24, 2.45) is 5.41 Å². The van der Waals surface area contributed by atoms with Crippen LogP contribution < -0.4 is 5.32 Å². The summed E-state index contributed by atoms with van der Waals surface area (Å²) >= 11 is 0. The lowest BCUT2D eigenvalue weighted by Crippen LogP contribution is -2.20. The molecule has 2 fully saturated rings. The first kappa shape index (κ1) is 12.9. The first-order valence-electron chi connectivity index (χ1n) is 6.26. The summed E-state index contributed by atoms with van der Waals surface area (Å²) in [7, 11) is 0. The van der Waals surface area contributed by atoms with Crippen LogP contribution in [-0.2, 0) is 9.53 Å². The fourth-order valence-electron chi connectivity index (χ4n) is 2.90. The highest BCUT2D eigenvalue weighted by Crippen LogP contribution is 2.46. The second kappa shape index (κ2) is 4.96. The van der Waals surface area contributed by atoms with Gasteiger partial charge in [0.1, 0.15) is 0 Å². The van der Waals surface area contributed by atoms with Gasteiger partial charge in [0.2, 0.25) is 0 Å².